The van der Waals surface area contributed by atoms with E-state index in [4.69, 9.17) is 4.74 Å². The van der Waals surface area contributed by atoms with Crippen molar-refractivity contribution in [1.82, 2.24) is 9.78 Å². The zero-order valence-corrected chi connectivity index (χ0v) is 8.27. The van der Waals surface area contributed by atoms with Crippen molar-refractivity contribution in [2.75, 3.05) is 6.61 Å². The number of hydrogen-bond donors (Lipinski definition) is 0. The monoisotopic (exact) mass is 194 g/mol. The van der Waals surface area contributed by atoms with Crippen LogP contribution in [0.3, 0.4) is 0 Å². The minimum absolute atomic E-state index is 0.0560. The van der Waals surface area contributed by atoms with Gasteiger partial charge in [0.15, 0.2) is 5.78 Å². The summed E-state index contributed by atoms with van der Waals surface area (Å²) in [6, 6.07) is 1.75. The molecule has 1 saturated heterocycles. The Kier molecular flexibility index (Phi) is 2.63. The lowest BCUT2D eigenvalue weighted by atomic mass is 10.2. The van der Waals surface area contributed by atoms with Crippen molar-refractivity contribution in [2.24, 2.45) is 0 Å². The van der Waals surface area contributed by atoms with Crippen LogP contribution in [0.25, 0.3) is 0 Å². The van der Waals surface area contributed by atoms with Gasteiger partial charge in [-0.1, -0.05) is 0 Å². The van der Waals surface area contributed by atoms with Crippen LogP contribution in [0.4, 0.5) is 0 Å². The summed E-state index contributed by atoms with van der Waals surface area (Å²) in [7, 11) is 0. The lowest BCUT2D eigenvalue weighted by molar-refractivity contribution is 0.0900. The fourth-order valence-electron chi connectivity index (χ4n) is 1.76. The molecule has 0 spiro atoms. The molecule has 1 fully saturated rings. The fraction of sp³-hybridized carbons (Fsp3) is 0.600. The van der Waals surface area contributed by atoms with E-state index in [9.17, 15) is 4.79 Å². The van der Waals surface area contributed by atoms with Gasteiger partial charge in [-0.05, 0) is 18.9 Å². The number of aromatic nitrogens is 2. The van der Waals surface area contributed by atoms with Crippen molar-refractivity contribution < 1.29 is 9.53 Å². The number of ether oxygens (including phenoxy) is 1. The normalized spacial score (nSPS) is 21.4. The van der Waals surface area contributed by atoms with Gasteiger partial charge in [-0.2, -0.15) is 5.10 Å². The van der Waals surface area contributed by atoms with Crippen LogP contribution in [-0.2, 0) is 11.3 Å². The molecule has 0 radical (unpaired) electrons. The molecular weight excluding hydrogens is 180 g/mol. The predicted molar refractivity (Wildman–Crippen MR) is 51.2 cm³/mol. The molecule has 14 heavy (non-hydrogen) atoms. The third-order valence-corrected chi connectivity index (χ3v) is 2.48. The summed E-state index contributed by atoms with van der Waals surface area (Å²) in [5.74, 6) is 0.0560. The number of carbonyl (C=O) groups excluding carboxylic acids is 1. The molecule has 4 nitrogen and oxygen atoms in total. The quantitative estimate of drug-likeness (QED) is 0.680. The van der Waals surface area contributed by atoms with Gasteiger partial charge in [0.25, 0.3) is 0 Å². The summed E-state index contributed by atoms with van der Waals surface area (Å²) >= 11 is 0. The zero-order chi connectivity index (χ0) is 9.97. The van der Waals surface area contributed by atoms with Gasteiger partial charge in [0.2, 0.25) is 0 Å². The molecule has 1 aliphatic heterocycles. The molecule has 1 atom stereocenters. The number of carbonyl (C=O) groups is 1. The summed E-state index contributed by atoms with van der Waals surface area (Å²) in [5, 5.41) is 4.12. The zero-order valence-electron chi connectivity index (χ0n) is 8.27. The van der Waals surface area contributed by atoms with E-state index >= 15 is 0 Å². The molecule has 1 aliphatic rings. The third-order valence-electron chi connectivity index (χ3n) is 2.48. The highest BCUT2D eigenvalue weighted by atomic mass is 16.5. The summed E-state index contributed by atoms with van der Waals surface area (Å²) in [5.41, 5.74) is 0.667. The van der Waals surface area contributed by atoms with Gasteiger partial charge in [-0.3, -0.25) is 9.48 Å². The molecular formula is C10H14N2O2. The Hall–Kier alpha value is -1.16. The predicted octanol–water partition coefficient (Wildman–Crippen LogP) is 1.26. The molecule has 76 valence electrons. The van der Waals surface area contributed by atoms with Gasteiger partial charge >= 0.3 is 0 Å². The SMILES string of the molecule is CC(=O)c1ccnn1CC1CCCO1. The van der Waals surface area contributed by atoms with Gasteiger partial charge in [0.1, 0.15) is 5.69 Å². The second-order valence-electron chi connectivity index (χ2n) is 3.59. The van der Waals surface area contributed by atoms with Gasteiger partial charge in [-0.15, -0.1) is 0 Å². The van der Waals surface area contributed by atoms with Crippen LogP contribution < -0.4 is 0 Å². The number of hydrogen-bond acceptors (Lipinski definition) is 3. The second-order valence-corrected chi connectivity index (χ2v) is 3.59. The van der Waals surface area contributed by atoms with Gasteiger partial charge in [0.05, 0.1) is 12.6 Å². The minimum atomic E-state index is 0.0560. The Morgan fingerprint density at radius 1 is 1.79 bits per heavy atom. The maximum absolute atomic E-state index is 11.2. The summed E-state index contributed by atoms with van der Waals surface area (Å²) in [6.45, 7) is 3.09. The highest BCUT2D eigenvalue weighted by molar-refractivity contribution is 5.92. The molecule has 0 bridgehead atoms. The lowest BCUT2D eigenvalue weighted by Gasteiger charge is -2.10. The summed E-state index contributed by atoms with van der Waals surface area (Å²) in [4.78, 5) is 11.2. The molecule has 4 heteroatoms. The number of Topliss-reactive ketones (excluding diaryl/α,β-unsaturated/α-hetero) is 1. The van der Waals surface area contributed by atoms with E-state index in [0.29, 0.717) is 12.2 Å². The second kappa shape index (κ2) is 3.92. The summed E-state index contributed by atoms with van der Waals surface area (Å²) in [6.07, 6.45) is 4.07. The molecule has 0 aromatic carbocycles. The molecule has 0 amide bonds. The van der Waals surface area contributed by atoms with Gasteiger partial charge in [-0.25, -0.2) is 0 Å². The fourth-order valence-corrected chi connectivity index (χ4v) is 1.76. The Morgan fingerprint density at radius 2 is 2.64 bits per heavy atom. The maximum atomic E-state index is 11.2. The standard InChI is InChI=1S/C10H14N2O2/c1-8(13)10-4-5-11-12(10)7-9-3-2-6-14-9/h4-5,9H,2-3,6-7H2,1H3. The Morgan fingerprint density at radius 3 is 3.29 bits per heavy atom. The van der Waals surface area contributed by atoms with E-state index in [-0.39, 0.29) is 11.9 Å². The largest absolute Gasteiger partial charge is 0.376 e. The van der Waals surface area contributed by atoms with Gasteiger partial charge in [0, 0.05) is 19.7 Å². The van der Waals surface area contributed by atoms with Crippen molar-refractivity contribution >= 4 is 5.78 Å². The highest BCUT2D eigenvalue weighted by Gasteiger charge is 2.18. The smallest absolute Gasteiger partial charge is 0.177 e. The molecule has 1 aromatic rings. The first-order chi connectivity index (χ1) is 6.77. The first kappa shape index (κ1) is 9.40. The average Bonchev–Trinajstić information content (AvgIpc) is 2.75. The number of rotatable bonds is 3. The Balaban J connectivity index is 2.07. The maximum Gasteiger partial charge on any atom is 0.177 e. The molecule has 1 aromatic heterocycles. The molecule has 0 saturated carbocycles. The van der Waals surface area contributed by atoms with E-state index in [1.54, 1.807) is 23.9 Å². The van der Waals surface area contributed by atoms with Crippen LogP contribution in [-0.4, -0.2) is 28.3 Å². The van der Waals surface area contributed by atoms with Crippen LogP contribution in [0.2, 0.25) is 0 Å². The first-order valence-corrected chi connectivity index (χ1v) is 4.92. The molecule has 1 unspecified atom stereocenters. The van der Waals surface area contributed by atoms with Crippen molar-refractivity contribution in [1.29, 1.82) is 0 Å². The Bertz CT molecular complexity index is 327. The number of nitrogens with zero attached hydrogens (tertiary/aromatic N) is 2. The van der Waals surface area contributed by atoms with Crippen LogP contribution >= 0.6 is 0 Å². The van der Waals surface area contributed by atoms with Gasteiger partial charge < -0.3 is 4.74 Å². The lowest BCUT2D eigenvalue weighted by Crippen LogP contribution is -2.19. The van der Waals surface area contributed by atoms with E-state index in [2.05, 4.69) is 5.10 Å². The average molecular weight is 194 g/mol. The molecule has 0 aliphatic carbocycles. The number of ketones is 1. The molecule has 2 rings (SSSR count). The highest BCUT2D eigenvalue weighted by Crippen LogP contribution is 2.14. The molecule has 2 heterocycles. The van der Waals surface area contributed by atoms with E-state index < -0.39 is 0 Å². The minimum Gasteiger partial charge on any atom is -0.376 e. The van der Waals surface area contributed by atoms with Crippen molar-refractivity contribution in [3.63, 3.8) is 0 Å². The van der Waals surface area contributed by atoms with Crippen LogP contribution in [0.1, 0.15) is 30.3 Å². The van der Waals surface area contributed by atoms with Crippen molar-refractivity contribution in [2.45, 2.75) is 32.4 Å². The van der Waals surface area contributed by atoms with Crippen LogP contribution in [0.5, 0.6) is 0 Å². The third kappa shape index (κ3) is 1.85. The van der Waals surface area contributed by atoms with Crippen LogP contribution in [0.15, 0.2) is 12.3 Å². The van der Waals surface area contributed by atoms with E-state index in [0.717, 1.165) is 19.4 Å². The summed E-state index contributed by atoms with van der Waals surface area (Å²) < 4.78 is 7.22. The first-order valence-electron chi connectivity index (χ1n) is 4.92. The van der Waals surface area contributed by atoms with Crippen LogP contribution in [0, 0.1) is 0 Å². The van der Waals surface area contributed by atoms with E-state index in [1.165, 1.54) is 0 Å². The molecule has 0 N–H and O–H groups in total. The van der Waals surface area contributed by atoms with Crippen molar-refractivity contribution in [3.05, 3.63) is 18.0 Å². The Labute approximate surface area is 82.9 Å². The van der Waals surface area contributed by atoms with Crippen molar-refractivity contribution in [3.8, 4) is 0 Å². The van der Waals surface area contributed by atoms with E-state index in [1.807, 2.05) is 0 Å². The topological polar surface area (TPSA) is 44.1 Å².